The Bertz CT molecular complexity index is 586. The highest BCUT2D eigenvalue weighted by atomic mass is 16.5. The van der Waals surface area contributed by atoms with E-state index in [9.17, 15) is 4.79 Å². The van der Waals surface area contributed by atoms with Crippen molar-refractivity contribution in [2.45, 2.75) is 40.0 Å². The summed E-state index contributed by atoms with van der Waals surface area (Å²) in [5.41, 5.74) is 1.77. The zero-order valence-corrected chi connectivity index (χ0v) is 12.5. The van der Waals surface area contributed by atoms with Crippen LogP contribution < -0.4 is 4.74 Å². The van der Waals surface area contributed by atoms with Gasteiger partial charge >= 0.3 is 0 Å². The molecule has 1 N–H and O–H groups in total. The Labute approximate surface area is 120 Å². The lowest BCUT2D eigenvalue weighted by atomic mass is 9.97. The van der Waals surface area contributed by atoms with Crippen LogP contribution in [0.5, 0.6) is 5.75 Å². The third kappa shape index (κ3) is 3.21. The van der Waals surface area contributed by atoms with Crippen molar-refractivity contribution < 1.29 is 9.53 Å². The van der Waals surface area contributed by atoms with Crippen LogP contribution >= 0.6 is 0 Å². The van der Waals surface area contributed by atoms with Crippen LogP contribution in [0.4, 0.5) is 0 Å². The van der Waals surface area contributed by atoms with E-state index >= 15 is 0 Å². The first kappa shape index (κ1) is 14.6. The minimum atomic E-state index is 0.207. The number of H-pyrrole nitrogens is 1. The molecule has 1 atom stereocenters. The van der Waals surface area contributed by atoms with E-state index in [1.807, 2.05) is 24.4 Å². The number of ether oxygens (including phenoxy) is 1. The minimum absolute atomic E-state index is 0.207. The Balaban J connectivity index is 2.26. The number of ketones is 1. The maximum atomic E-state index is 12.4. The molecule has 0 amide bonds. The molecule has 108 valence electrons. The number of rotatable bonds is 7. The second-order valence-corrected chi connectivity index (χ2v) is 5.40. The molecule has 0 fully saturated rings. The van der Waals surface area contributed by atoms with Crippen LogP contribution in [0.25, 0.3) is 10.9 Å². The van der Waals surface area contributed by atoms with Crippen LogP contribution in [-0.2, 0) is 0 Å². The molecule has 0 saturated heterocycles. The fraction of sp³-hybridized carbons (Fsp3) is 0.471. The van der Waals surface area contributed by atoms with Crippen molar-refractivity contribution in [1.82, 2.24) is 4.98 Å². The average Bonchev–Trinajstić information content (AvgIpc) is 2.87. The first-order chi connectivity index (χ1) is 9.65. The Hall–Kier alpha value is -1.77. The summed E-state index contributed by atoms with van der Waals surface area (Å²) in [7, 11) is 0. The number of carbonyl (C=O) groups is 1. The molecule has 0 aliphatic carbocycles. The van der Waals surface area contributed by atoms with Crippen LogP contribution in [-0.4, -0.2) is 17.4 Å². The van der Waals surface area contributed by atoms with E-state index in [1.54, 1.807) is 0 Å². The molecule has 20 heavy (non-hydrogen) atoms. The van der Waals surface area contributed by atoms with Gasteiger partial charge in [0.15, 0.2) is 5.78 Å². The number of aromatic amines is 1. The zero-order chi connectivity index (χ0) is 14.5. The van der Waals surface area contributed by atoms with Crippen LogP contribution in [0, 0.1) is 5.92 Å². The van der Waals surface area contributed by atoms with Crippen molar-refractivity contribution >= 4 is 16.7 Å². The SMILES string of the molecule is CCCOc1ccc2[nH]cc(C(=O)CC(C)CC)c2c1. The normalized spacial score (nSPS) is 12.6. The third-order valence-corrected chi connectivity index (χ3v) is 3.66. The summed E-state index contributed by atoms with van der Waals surface area (Å²) in [4.78, 5) is 15.5. The summed E-state index contributed by atoms with van der Waals surface area (Å²) in [5.74, 6) is 1.46. The van der Waals surface area contributed by atoms with E-state index in [2.05, 4.69) is 25.8 Å². The summed E-state index contributed by atoms with van der Waals surface area (Å²) >= 11 is 0. The van der Waals surface area contributed by atoms with Gasteiger partial charge in [-0.3, -0.25) is 4.79 Å². The number of fused-ring (bicyclic) bond motifs is 1. The van der Waals surface area contributed by atoms with Gasteiger partial charge in [0, 0.05) is 29.1 Å². The number of carbonyl (C=O) groups excluding carboxylic acids is 1. The molecule has 0 saturated carbocycles. The predicted octanol–water partition coefficient (Wildman–Crippen LogP) is 4.58. The third-order valence-electron chi connectivity index (χ3n) is 3.66. The molecule has 2 aromatic rings. The molecule has 1 aromatic carbocycles. The molecular weight excluding hydrogens is 250 g/mol. The number of benzene rings is 1. The van der Waals surface area contributed by atoms with Gasteiger partial charge < -0.3 is 9.72 Å². The molecule has 0 aliphatic rings. The molecule has 2 rings (SSSR count). The Morgan fingerprint density at radius 1 is 1.35 bits per heavy atom. The van der Waals surface area contributed by atoms with Gasteiger partial charge in [0.25, 0.3) is 0 Å². The zero-order valence-electron chi connectivity index (χ0n) is 12.5. The molecule has 0 bridgehead atoms. The van der Waals surface area contributed by atoms with Gasteiger partial charge in [-0.05, 0) is 30.5 Å². The number of aromatic nitrogens is 1. The largest absolute Gasteiger partial charge is 0.494 e. The highest BCUT2D eigenvalue weighted by Gasteiger charge is 2.15. The number of hydrogen-bond acceptors (Lipinski definition) is 2. The first-order valence-corrected chi connectivity index (χ1v) is 7.42. The molecule has 1 aromatic heterocycles. The molecular formula is C17H23NO2. The fourth-order valence-electron chi connectivity index (χ4n) is 2.21. The van der Waals surface area contributed by atoms with Gasteiger partial charge in [0.05, 0.1) is 6.61 Å². The highest BCUT2D eigenvalue weighted by molar-refractivity contribution is 6.08. The van der Waals surface area contributed by atoms with Crippen LogP contribution in [0.1, 0.15) is 50.4 Å². The Kier molecular flexibility index (Phi) is 4.83. The molecule has 1 unspecified atom stereocenters. The Morgan fingerprint density at radius 3 is 2.85 bits per heavy atom. The maximum absolute atomic E-state index is 12.4. The molecule has 1 heterocycles. The van der Waals surface area contributed by atoms with E-state index < -0.39 is 0 Å². The van der Waals surface area contributed by atoms with Crippen molar-refractivity contribution in [1.29, 1.82) is 0 Å². The van der Waals surface area contributed by atoms with Crippen molar-refractivity contribution in [3.63, 3.8) is 0 Å². The summed E-state index contributed by atoms with van der Waals surface area (Å²) in [5, 5.41) is 0.965. The number of hydrogen-bond donors (Lipinski definition) is 1. The van der Waals surface area contributed by atoms with Gasteiger partial charge in [0.1, 0.15) is 5.75 Å². The Morgan fingerprint density at radius 2 is 2.15 bits per heavy atom. The summed E-state index contributed by atoms with van der Waals surface area (Å²) in [6.07, 6.45) is 4.42. The maximum Gasteiger partial charge on any atom is 0.165 e. The van der Waals surface area contributed by atoms with Crippen molar-refractivity contribution in [2.75, 3.05) is 6.61 Å². The smallest absolute Gasteiger partial charge is 0.165 e. The van der Waals surface area contributed by atoms with Gasteiger partial charge in [-0.15, -0.1) is 0 Å². The minimum Gasteiger partial charge on any atom is -0.494 e. The van der Waals surface area contributed by atoms with Crippen molar-refractivity contribution in [3.05, 3.63) is 30.0 Å². The topological polar surface area (TPSA) is 42.1 Å². The lowest BCUT2D eigenvalue weighted by Gasteiger charge is -2.07. The van der Waals surface area contributed by atoms with E-state index in [0.717, 1.165) is 35.1 Å². The van der Waals surface area contributed by atoms with E-state index in [1.165, 1.54) is 0 Å². The van der Waals surface area contributed by atoms with Gasteiger partial charge in [-0.25, -0.2) is 0 Å². The van der Waals surface area contributed by atoms with Crippen molar-refractivity contribution in [2.24, 2.45) is 5.92 Å². The monoisotopic (exact) mass is 273 g/mol. The molecule has 0 aliphatic heterocycles. The van der Waals surface area contributed by atoms with E-state index in [-0.39, 0.29) is 5.78 Å². The van der Waals surface area contributed by atoms with Gasteiger partial charge in [0.2, 0.25) is 0 Å². The average molecular weight is 273 g/mol. The lowest BCUT2D eigenvalue weighted by Crippen LogP contribution is -2.04. The lowest BCUT2D eigenvalue weighted by molar-refractivity contribution is 0.0965. The molecule has 0 spiro atoms. The fourth-order valence-corrected chi connectivity index (χ4v) is 2.21. The first-order valence-electron chi connectivity index (χ1n) is 7.42. The predicted molar refractivity (Wildman–Crippen MR) is 82.5 cm³/mol. The van der Waals surface area contributed by atoms with Gasteiger partial charge in [-0.2, -0.15) is 0 Å². The quantitative estimate of drug-likeness (QED) is 0.750. The van der Waals surface area contributed by atoms with Crippen molar-refractivity contribution in [3.8, 4) is 5.75 Å². The standard InChI is InChI=1S/C17H23NO2/c1-4-8-20-13-6-7-16-14(10-13)15(11-18-16)17(19)9-12(3)5-2/h6-7,10-12,18H,4-5,8-9H2,1-3H3. The van der Waals surface area contributed by atoms with Crippen LogP contribution in [0.3, 0.4) is 0 Å². The van der Waals surface area contributed by atoms with Crippen LogP contribution in [0.15, 0.2) is 24.4 Å². The number of nitrogens with one attached hydrogen (secondary N) is 1. The molecule has 3 nitrogen and oxygen atoms in total. The summed E-state index contributed by atoms with van der Waals surface area (Å²) in [6.45, 7) is 7.01. The van der Waals surface area contributed by atoms with E-state index in [4.69, 9.17) is 4.74 Å². The highest BCUT2D eigenvalue weighted by Crippen LogP contribution is 2.26. The summed E-state index contributed by atoms with van der Waals surface area (Å²) < 4.78 is 5.64. The second kappa shape index (κ2) is 6.60. The van der Waals surface area contributed by atoms with Crippen LogP contribution in [0.2, 0.25) is 0 Å². The van der Waals surface area contributed by atoms with E-state index in [0.29, 0.717) is 18.9 Å². The number of Topliss-reactive ketones (excluding diaryl/α,β-unsaturated/α-hetero) is 1. The summed E-state index contributed by atoms with van der Waals surface area (Å²) in [6, 6.07) is 5.88. The second-order valence-electron chi connectivity index (χ2n) is 5.40. The molecule has 0 radical (unpaired) electrons. The van der Waals surface area contributed by atoms with Gasteiger partial charge in [-0.1, -0.05) is 27.2 Å². The molecule has 3 heteroatoms.